The molecule has 4 heteroatoms. The molecular weight excluding hydrogens is 204 g/mol. The summed E-state index contributed by atoms with van der Waals surface area (Å²) in [5.74, 6) is -0.0846. The maximum absolute atomic E-state index is 11.6. The largest absolute Gasteiger partial charge is 0.460 e. The lowest BCUT2D eigenvalue weighted by Crippen LogP contribution is -2.55. The number of carbonyl (C=O) groups excluding carboxylic acids is 1. The smallest absolute Gasteiger partial charge is 0.323 e. The molecule has 0 radical (unpaired) electrons. The lowest BCUT2D eigenvalue weighted by molar-refractivity contribution is -0.148. The molecule has 3 N–H and O–H groups in total. The van der Waals surface area contributed by atoms with Crippen LogP contribution >= 0.6 is 0 Å². The van der Waals surface area contributed by atoms with Crippen molar-refractivity contribution in [3.05, 3.63) is 35.9 Å². The average Bonchev–Trinajstić information content (AvgIpc) is 2.25. The second kappa shape index (κ2) is 5.09. The van der Waals surface area contributed by atoms with Gasteiger partial charge >= 0.3 is 5.97 Å². The summed E-state index contributed by atoms with van der Waals surface area (Å²) < 4.78 is 5.16. The summed E-state index contributed by atoms with van der Waals surface area (Å²) in [4.78, 5) is 11.6. The van der Waals surface area contributed by atoms with Crippen LogP contribution in [0.5, 0.6) is 0 Å². The molecule has 0 bridgehead atoms. The molecule has 1 aliphatic rings. The van der Waals surface area contributed by atoms with Crippen LogP contribution in [-0.2, 0) is 16.1 Å². The van der Waals surface area contributed by atoms with Gasteiger partial charge in [0, 0.05) is 19.0 Å². The molecule has 1 aromatic rings. The molecule has 0 spiro atoms. The average molecular weight is 220 g/mol. The van der Waals surface area contributed by atoms with Crippen LogP contribution in [0.2, 0.25) is 0 Å². The van der Waals surface area contributed by atoms with Crippen LogP contribution in [0.15, 0.2) is 30.3 Å². The van der Waals surface area contributed by atoms with Gasteiger partial charge in [-0.25, -0.2) is 0 Å². The third-order valence-corrected chi connectivity index (χ3v) is 2.82. The van der Waals surface area contributed by atoms with Crippen LogP contribution < -0.4 is 11.1 Å². The Kier molecular flexibility index (Phi) is 3.54. The molecule has 1 fully saturated rings. The van der Waals surface area contributed by atoms with Crippen molar-refractivity contribution in [3.8, 4) is 0 Å². The van der Waals surface area contributed by atoms with E-state index in [1.165, 1.54) is 0 Å². The van der Waals surface area contributed by atoms with Gasteiger partial charge in [0.1, 0.15) is 12.6 Å². The molecule has 1 atom stereocenters. The molecule has 0 unspecified atom stereocenters. The lowest BCUT2D eigenvalue weighted by Gasteiger charge is -2.30. The van der Waals surface area contributed by atoms with Crippen molar-refractivity contribution >= 4 is 5.97 Å². The van der Waals surface area contributed by atoms with Crippen LogP contribution in [0.4, 0.5) is 0 Å². The van der Waals surface area contributed by atoms with Crippen molar-refractivity contribution in [2.75, 3.05) is 13.1 Å². The minimum atomic E-state index is -0.495. The number of hydrogen-bond donors (Lipinski definition) is 2. The van der Waals surface area contributed by atoms with E-state index in [-0.39, 0.29) is 11.9 Å². The van der Waals surface area contributed by atoms with Gasteiger partial charge in [0.25, 0.3) is 0 Å². The summed E-state index contributed by atoms with van der Waals surface area (Å²) >= 11 is 0. The standard InChI is InChI=1S/C12H16N2O2/c13-11(10-6-14-7-10)12(15)16-8-9-4-2-1-3-5-9/h1-5,10-11,14H,6-8,13H2/t11-/m1/s1. The predicted octanol–water partition coefficient (Wildman–Crippen LogP) is 0.276. The highest BCUT2D eigenvalue weighted by atomic mass is 16.5. The third-order valence-electron chi connectivity index (χ3n) is 2.82. The number of ether oxygens (including phenoxy) is 1. The van der Waals surface area contributed by atoms with Gasteiger partial charge in [-0.3, -0.25) is 4.79 Å². The van der Waals surface area contributed by atoms with E-state index in [0.29, 0.717) is 6.61 Å². The zero-order valence-electron chi connectivity index (χ0n) is 9.06. The molecule has 16 heavy (non-hydrogen) atoms. The van der Waals surface area contributed by atoms with E-state index in [4.69, 9.17) is 10.5 Å². The molecule has 0 saturated carbocycles. The number of rotatable bonds is 4. The molecule has 1 aliphatic heterocycles. The molecule has 4 nitrogen and oxygen atoms in total. The van der Waals surface area contributed by atoms with Crippen molar-refractivity contribution in [2.45, 2.75) is 12.6 Å². The summed E-state index contributed by atoms with van der Waals surface area (Å²) in [6, 6.07) is 9.10. The number of benzene rings is 1. The first-order chi connectivity index (χ1) is 7.77. The molecule has 2 rings (SSSR count). The first kappa shape index (κ1) is 11.1. The fraction of sp³-hybridized carbons (Fsp3) is 0.417. The quantitative estimate of drug-likeness (QED) is 0.715. The zero-order valence-corrected chi connectivity index (χ0v) is 9.06. The third kappa shape index (κ3) is 2.59. The second-order valence-corrected chi connectivity index (χ2v) is 4.04. The van der Waals surface area contributed by atoms with Crippen LogP contribution in [0, 0.1) is 5.92 Å². The number of nitrogens with two attached hydrogens (primary N) is 1. The van der Waals surface area contributed by atoms with Gasteiger partial charge in [-0.2, -0.15) is 0 Å². The van der Waals surface area contributed by atoms with E-state index >= 15 is 0 Å². The monoisotopic (exact) mass is 220 g/mol. The number of esters is 1. The minimum Gasteiger partial charge on any atom is -0.460 e. The normalized spacial score (nSPS) is 17.6. The van der Waals surface area contributed by atoms with Crippen molar-refractivity contribution in [3.63, 3.8) is 0 Å². The van der Waals surface area contributed by atoms with Gasteiger partial charge in [0.15, 0.2) is 0 Å². The van der Waals surface area contributed by atoms with E-state index in [1.807, 2.05) is 30.3 Å². The topological polar surface area (TPSA) is 64.4 Å². The number of nitrogens with one attached hydrogen (secondary N) is 1. The first-order valence-electron chi connectivity index (χ1n) is 5.44. The van der Waals surface area contributed by atoms with Crippen LogP contribution in [0.25, 0.3) is 0 Å². The summed E-state index contributed by atoms with van der Waals surface area (Å²) in [6.07, 6.45) is 0. The predicted molar refractivity (Wildman–Crippen MR) is 60.6 cm³/mol. The summed E-state index contributed by atoms with van der Waals surface area (Å²) in [6.45, 7) is 1.91. The highest BCUT2D eigenvalue weighted by molar-refractivity contribution is 5.76. The Morgan fingerprint density at radius 3 is 2.69 bits per heavy atom. The van der Waals surface area contributed by atoms with Gasteiger partial charge in [-0.15, -0.1) is 0 Å². The molecule has 0 aromatic heterocycles. The van der Waals surface area contributed by atoms with Gasteiger partial charge in [-0.05, 0) is 5.56 Å². The van der Waals surface area contributed by atoms with Crippen molar-refractivity contribution in [2.24, 2.45) is 11.7 Å². The Morgan fingerprint density at radius 1 is 1.44 bits per heavy atom. The van der Waals surface area contributed by atoms with Crippen molar-refractivity contribution in [1.29, 1.82) is 0 Å². The fourth-order valence-corrected chi connectivity index (χ4v) is 1.58. The highest BCUT2D eigenvalue weighted by Crippen LogP contribution is 2.09. The highest BCUT2D eigenvalue weighted by Gasteiger charge is 2.30. The van der Waals surface area contributed by atoms with Crippen LogP contribution in [0.1, 0.15) is 5.56 Å². The van der Waals surface area contributed by atoms with Crippen LogP contribution in [-0.4, -0.2) is 25.1 Å². The molecular formula is C12H16N2O2. The molecule has 1 saturated heterocycles. The SMILES string of the molecule is N[C@@H](C(=O)OCc1ccccc1)C1CNC1. The molecule has 86 valence electrons. The zero-order chi connectivity index (χ0) is 11.4. The maximum Gasteiger partial charge on any atom is 0.323 e. The van der Waals surface area contributed by atoms with Crippen LogP contribution in [0.3, 0.4) is 0 Å². The van der Waals surface area contributed by atoms with Gasteiger partial charge in [0.05, 0.1) is 0 Å². The maximum atomic E-state index is 11.6. The summed E-state index contributed by atoms with van der Waals surface area (Å²) in [5.41, 5.74) is 6.75. The van der Waals surface area contributed by atoms with E-state index in [1.54, 1.807) is 0 Å². The van der Waals surface area contributed by atoms with Gasteiger partial charge in [0.2, 0.25) is 0 Å². The number of hydrogen-bond acceptors (Lipinski definition) is 4. The summed E-state index contributed by atoms with van der Waals surface area (Å²) in [7, 11) is 0. The van der Waals surface area contributed by atoms with Gasteiger partial charge < -0.3 is 15.8 Å². The Morgan fingerprint density at radius 2 is 2.12 bits per heavy atom. The van der Waals surface area contributed by atoms with E-state index in [9.17, 15) is 4.79 Å². The molecule has 1 aromatic carbocycles. The molecule has 0 amide bonds. The molecule has 1 heterocycles. The Hall–Kier alpha value is -1.39. The first-order valence-corrected chi connectivity index (χ1v) is 5.44. The fourth-order valence-electron chi connectivity index (χ4n) is 1.58. The van der Waals surface area contributed by atoms with Crippen molar-refractivity contribution < 1.29 is 9.53 Å². The van der Waals surface area contributed by atoms with E-state index in [2.05, 4.69) is 5.32 Å². The Labute approximate surface area is 94.8 Å². The van der Waals surface area contributed by atoms with E-state index < -0.39 is 6.04 Å². The summed E-state index contributed by atoms with van der Waals surface area (Å²) in [5, 5.41) is 3.08. The Bertz CT molecular complexity index is 349. The van der Waals surface area contributed by atoms with Gasteiger partial charge in [-0.1, -0.05) is 30.3 Å². The van der Waals surface area contributed by atoms with E-state index in [0.717, 1.165) is 18.7 Å². The molecule has 0 aliphatic carbocycles. The number of carbonyl (C=O) groups is 1. The van der Waals surface area contributed by atoms with Crippen molar-refractivity contribution in [1.82, 2.24) is 5.32 Å². The minimum absolute atomic E-state index is 0.225. The second-order valence-electron chi connectivity index (χ2n) is 4.04. The lowest BCUT2D eigenvalue weighted by atomic mass is 9.95. The Balaban J connectivity index is 1.79.